The maximum atomic E-state index is 11.8. The fraction of sp³-hybridized carbons (Fsp3) is 0.800. The van der Waals surface area contributed by atoms with Crippen LogP contribution in [0.1, 0.15) is 26.7 Å². The fourth-order valence-corrected chi connectivity index (χ4v) is 1.59. The number of urea groups is 1. The van der Waals surface area contributed by atoms with Crippen molar-refractivity contribution >= 4 is 12.0 Å². The van der Waals surface area contributed by atoms with Gasteiger partial charge in [0.2, 0.25) is 0 Å². The van der Waals surface area contributed by atoms with Crippen molar-refractivity contribution in [2.75, 3.05) is 13.1 Å². The van der Waals surface area contributed by atoms with E-state index in [9.17, 15) is 9.59 Å². The molecule has 1 fully saturated rings. The standard InChI is InChI=1S/C10H19N3O3/c1-10(2,8(14)15)12-9(16)13-5-3-4-7(11)6-13/h7H,3-6,11H2,1-2H3,(H,12,16)(H,14,15). The molecule has 16 heavy (non-hydrogen) atoms. The van der Waals surface area contributed by atoms with Gasteiger partial charge in [0.15, 0.2) is 0 Å². The predicted molar refractivity (Wildman–Crippen MR) is 59.0 cm³/mol. The summed E-state index contributed by atoms with van der Waals surface area (Å²) < 4.78 is 0. The van der Waals surface area contributed by atoms with Crippen molar-refractivity contribution in [3.8, 4) is 0 Å². The van der Waals surface area contributed by atoms with Crippen molar-refractivity contribution in [3.05, 3.63) is 0 Å². The topological polar surface area (TPSA) is 95.7 Å². The molecule has 1 atom stereocenters. The van der Waals surface area contributed by atoms with Gasteiger partial charge in [0.25, 0.3) is 0 Å². The SMILES string of the molecule is CC(C)(NC(=O)N1CCCC(N)C1)C(=O)O. The lowest BCUT2D eigenvalue weighted by atomic mass is 10.1. The average molecular weight is 229 g/mol. The Balaban J connectivity index is 2.55. The minimum Gasteiger partial charge on any atom is -0.480 e. The molecule has 1 unspecified atom stereocenters. The summed E-state index contributed by atoms with van der Waals surface area (Å²) in [4.78, 5) is 24.2. The van der Waals surface area contributed by atoms with Gasteiger partial charge in [0.1, 0.15) is 5.54 Å². The quantitative estimate of drug-likeness (QED) is 0.620. The average Bonchev–Trinajstić information content (AvgIpc) is 2.16. The summed E-state index contributed by atoms with van der Waals surface area (Å²) in [6, 6.07) is -0.366. The summed E-state index contributed by atoms with van der Waals surface area (Å²) in [6.45, 7) is 4.03. The first-order valence-electron chi connectivity index (χ1n) is 5.39. The molecule has 0 bridgehead atoms. The third-order valence-electron chi connectivity index (χ3n) is 2.70. The van der Waals surface area contributed by atoms with Crippen molar-refractivity contribution in [1.29, 1.82) is 0 Å². The van der Waals surface area contributed by atoms with Gasteiger partial charge in [-0.15, -0.1) is 0 Å². The van der Waals surface area contributed by atoms with E-state index in [1.807, 2.05) is 0 Å². The molecule has 0 saturated carbocycles. The van der Waals surface area contributed by atoms with Crippen molar-refractivity contribution < 1.29 is 14.7 Å². The first-order chi connectivity index (χ1) is 7.33. The van der Waals surface area contributed by atoms with Gasteiger partial charge in [-0.3, -0.25) is 0 Å². The molecule has 1 heterocycles. The van der Waals surface area contributed by atoms with E-state index in [4.69, 9.17) is 10.8 Å². The van der Waals surface area contributed by atoms with E-state index in [1.165, 1.54) is 13.8 Å². The van der Waals surface area contributed by atoms with Crippen LogP contribution in [0.25, 0.3) is 0 Å². The predicted octanol–water partition coefficient (Wildman–Crippen LogP) is -0.0177. The molecule has 0 aromatic carbocycles. The minimum atomic E-state index is -1.25. The smallest absolute Gasteiger partial charge is 0.328 e. The number of nitrogens with one attached hydrogen (secondary N) is 1. The number of hydrogen-bond donors (Lipinski definition) is 3. The van der Waals surface area contributed by atoms with Crippen LogP contribution in [0.2, 0.25) is 0 Å². The first-order valence-corrected chi connectivity index (χ1v) is 5.39. The maximum absolute atomic E-state index is 11.8. The Morgan fingerprint density at radius 1 is 1.50 bits per heavy atom. The van der Waals surface area contributed by atoms with Crippen molar-refractivity contribution in [1.82, 2.24) is 10.2 Å². The maximum Gasteiger partial charge on any atom is 0.328 e. The highest BCUT2D eigenvalue weighted by Crippen LogP contribution is 2.10. The van der Waals surface area contributed by atoms with Gasteiger partial charge in [-0.25, -0.2) is 9.59 Å². The minimum absolute atomic E-state index is 0.00700. The normalized spacial score (nSPS) is 21.7. The van der Waals surface area contributed by atoms with Gasteiger partial charge in [-0.05, 0) is 26.7 Å². The van der Waals surface area contributed by atoms with Crippen LogP contribution in [0, 0.1) is 0 Å². The van der Waals surface area contributed by atoms with Crippen LogP contribution >= 0.6 is 0 Å². The Morgan fingerprint density at radius 3 is 2.62 bits per heavy atom. The Morgan fingerprint density at radius 2 is 2.12 bits per heavy atom. The van der Waals surface area contributed by atoms with Crippen molar-refractivity contribution in [2.45, 2.75) is 38.3 Å². The van der Waals surface area contributed by atoms with Crippen LogP contribution in [-0.4, -0.2) is 46.7 Å². The number of likely N-dealkylation sites (tertiary alicyclic amines) is 1. The largest absolute Gasteiger partial charge is 0.480 e. The number of aliphatic carboxylic acids is 1. The van der Waals surface area contributed by atoms with Crippen LogP contribution in [-0.2, 0) is 4.79 Å². The van der Waals surface area contributed by atoms with E-state index in [-0.39, 0.29) is 12.1 Å². The molecule has 0 spiro atoms. The molecule has 92 valence electrons. The van der Waals surface area contributed by atoms with Gasteiger partial charge < -0.3 is 21.1 Å². The monoisotopic (exact) mass is 229 g/mol. The van der Waals surface area contributed by atoms with E-state index in [0.717, 1.165) is 12.8 Å². The molecule has 0 radical (unpaired) electrons. The van der Waals surface area contributed by atoms with Gasteiger partial charge in [0.05, 0.1) is 0 Å². The fourth-order valence-electron chi connectivity index (χ4n) is 1.59. The zero-order valence-corrected chi connectivity index (χ0v) is 9.69. The Bertz CT molecular complexity index is 291. The number of carboxylic acid groups (broad SMARTS) is 1. The summed E-state index contributed by atoms with van der Waals surface area (Å²) in [5, 5.41) is 11.4. The lowest BCUT2D eigenvalue weighted by molar-refractivity contribution is -0.143. The third kappa shape index (κ3) is 3.10. The molecule has 0 aliphatic carbocycles. The van der Waals surface area contributed by atoms with E-state index >= 15 is 0 Å². The molecule has 6 nitrogen and oxygen atoms in total. The molecule has 4 N–H and O–H groups in total. The molecule has 2 amide bonds. The van der Waals surface area contributed by atoms with E-state index in [2.05, 4.69) is 5.32 Å². The van der Waals surface area contributed by atoms with Gasteiger partial charge in [0, 0.05) is 19.1 Å². The molecular weight excluding hydrogens is 210 g/mol. The number of carbonyl (C=O) groups excluding carboxylic acids is 1. The third-order valence-corrected chi connectivity index (χ3v) is 2.70. The molecule has 1 rings (SSSR count). The lowest BCUT2D eigenvalue weighted by Crippen LogP contribution is -2.57. The van der Waals surface area contributed by atoms with E-state index in [0.29, 0.717) is 13.1 Å². The van der Waals surface area contributed by atoms with Crippen LogP contribution < -0.4 is 11.1 Å². The number of carbonyl (C=O) groups is 2. The van der Waals surface area contributed by atoms with Crippen molar-refractivity contribution in [2.24, 2.45) is 5.73 Å². The summed E-state index contributed by atoms with van der Waals surface area (Å²) >= 11 is 0. The van der Waals surface area contributed by atoms with Crippen LogP contribution in [0.15, 0.2) is 0 Å². The van der Waals surface area contributed by atoms with E-state index < -0.39 is 11.5 Å². The number of hydrogen-bond acceptors (Lipinski definition) is 3. The van der Waals surface area contributed by atoms with Gasteiger partial charge in [-0.2, -0.15) is 0 Å². The Labute approximate surface area is 94.8 Å². The van der Waals surface area contributed by atoms with E-state index in [1.54, 1.807) is 4.90 Å². The zero-order valence-electron chi connectivity index (χ0n) is 9.69. The number of nitrogens with zero attached hydrogens (tertiary/aromatic N) is 1. The number of piperidine rings is 1. The molecular formula is C10H19N3O3. The molecule has 0 aromatic rings. The zero-order chi connectivity index (χ0) is 12.3. The summed E-state index contributed by atoms with van der Waals surface area (Å²) in [5.74, 6) is -1.05. The Hall–Kier alpha value is -1.30. The summed E-state index contributed by atoms with van der Waals surface area (Å²) in [7, 11) is 0. The van der Waals surface area contributed by atoms with Crippen LogP contribution in [0.3, 0.4) is 0 Å². The summed E-state index contributed by atoms with van der Waals surface area (Å²) in [6.07, 6.45) is 1.77. The first kappa shape index (κ1) is 12.8. The van der Waals surface area contributed by atoms with Gasteiger partial charge in [-0.1, -0.05) is 0 Å². The van der Waals surface area contributed by atoms with Crippen molar-refractivity contribution in [3.63, 3.8) is 0 Å². The second-order valence-electron chi connectivity index (χ2n) is 4.71. The number of nitrogens with two attached hydrogens (primary N) is 1. The number of amides is 2. The van der Waals surface area contributed by atoms with Gasteiger partial charge >= 0.3 is 12.0 Å². The highest BCUT2D eigenvalue weighted by molar-refractivity contribution is 5.85. The molecule has 1 saturated heterocycles. The number of rotatable bonds is 2. The van der Waals surface area contributed by atoms with Crippen LogP contribution in [0.5, 0.6) is 0 Å². The number of carboxylic acids is 1. The van der Waals surface area contributed by atoms with Crippen LogP contribution in [0.4, 0.5) is 4.79 Å². The molecule has 1 aliphatic rings. The molecule has 6 heteroatoms. The Kier molecular flexibility index (Phi) is 3.74. The lowest BCUT2D eigenvalue weighted by Gasteiger charge is -2.33. The molecule has 1 aliphatic heterocycles. The second-order valence-corrected chi connectivity index (χ2v) is 4.71. The summed E-state index contributed by atoms with van der Waals surface area (Å²) in [5.41, 5.74) is 4.50. The highest BCUT2D eigenvalue weighted by Gasteiger charge is 2.31. The highest BCUT2D eigenvalue weighted by atomic mass is 16.4. The molecule has 0 aromatic heterocycles. The second kappa shape index (κ2) is 4.69.